The van der Waals surface area contributed by atoms with Crippen molar-refractivity contribution in [1.29, 1.82) is 0 Å². The number of benzene rings is 2. The van der Waals surface area contributed by atoms with E-state index in [0.29, 0.717) is 12.4 Å². The van der Waals surface area contributed by atoms with Crippen molar-refractivity contribution in [2.75, 3.05) is 20.2 Å². The van der Waals surface area contributed by atoms with Crippen molar-refractivity contribution in [3.05, 3.63) is 58.1 Å². The first-order valence-corrected chi connectivity index (χ1v) is 11.5. The zero-order valence-electron chi connectivity index (χ0n) is 18.9. The maximum atomic E-state index is 12.9. The molecule has 1 atom stereocenters. The fourth-order valence-electron chi connectivity index (χ4n) is 3.38. The van der Waals surface area contributed by atoms with E-state index in [4.69, 9.17) is 4.74 Å². The molecule has 0 radical (unpaired) electrons. The maximum absolute atomic E-state index is 12.9. The van der Waals surface area contributed by atoms with Crippen LogP contribution in [0.25, 0.3) is 0 Å². The van der Waals surface area contributed by atoms with Gasteiger partial charge in [0.15, 0.2) is 0 Å². The van der Waals surface area contributed by atoms with E-state index in [-0.39, 0.29) is 23.4 Å². The van der Waals surface area contributed by atoms with Crippen LogP contribution in [-0.4, -0.2) is 38.8 Å². The largest absolute Gasteiger partial charge is 0.494 e. The molecule has 2 rings (SSSR count). The van der Waals surface area contributed by atoms with Gasteiger partial charge in [0.25, 0.3) is 0 Å². The Morgan fingerprint density at radius 3 is 2.27 bits per heavy atom. The number of nitrogens with zero attached hydrogens (tertiary/aromatic N) is 1. The second-order valence-corrected chi connectivity index (χ2v) is 9.75. The van der Waals surface area contributed by atoms with E-state index in [1.54, 1.807) is 19.1 Å². The van der Waals surface area contributed by atoms with Gasteiger partial charge in [-0.25, -0.2) is 8.42 Å². The Bertz CT molecular complexity index is 1030. The Hall–Kier alpha value is -2.38. The summed E-state index contributed by atoms with van der Waals surface area (Å²) in [6, 6.07) is 8.65. The summed E-state index contributed by atoms with van der Waals surface area (Å²) >= 11 is 0. The summed E-state index contributed by atoms with van der Waals surface area (Å²) in [6.07, 6.45) is 0. The van der Waals surface area contributed by atoms with Gasteiger partial charge >= 0.3 is 0 Å². The first-order chi connectivity index (χ1) is 14.0. The highest BCUT2D eigenvalue weighted by atomic mass is 32.2. The van der Waals surface area contributed by atoms with E-state index in [9.17, 15) is 13.2 Å². The minimum atomic E-state index is -3.79. The molecule has 30 heavy (non-hydrogen) atoms. The molecular weight excluding hydrogens is 400 g/mol. The number of hydrogen-bond acceptors (Lipinski definition) is 4. The summed E-state index contributed by atoms with van der Waals surface area (Å²) in [7, 11) is -2.38. The second-order valence-electron chi connectivity index (χ2n) is 7.70. The zero-order chi connectivity index (χ0) is 22.6. The maximum Gasteiger partial charge on any atom is 0.243 e. The molecule has 0 fully saturated rings. The van der Waals surface area contributed by atoms with Gasteiger partial charge in [-0.2, -0.15) is 4.31 Å². The number of rotatable bonds is 8. The van der Waals surface area contributed by atoms with Crippen LogP contribution in [-0.2, 0) is 14.8 Å². The minimum Gasteiger partial charge on any atom is -0.494 e. The fourth-order valence-corrected chi connectivity index (χ4v) is 4.59. The normalized spacial score (nSPS) is 12.7. The van der Waals surface area contributed by atoms with Crippen molar-refractivity contribution >= 4 is 15.9 Å². The van der Waals surface area contributed by atoms with E-state index in [1.165, 1.54) is 18.7 Å². The van der Waals surface area contributed by atoms with Crippen molar-refractivity contribution < 1.29 is 17.9 Å². The van der Waals surface area contributed by atoms with Crippen LogP contribution in [0.2, 0.25) is 0 Å². The van der Waals surface area contributed by atoms with Crippen molar-refractivity contribution in [2.45, 2.75) is 52.5 Å². The monoisotopic (exact) mass is 432 g/mol. The van der Waals surface area contributed by atoms with E-state index in [2.05, 4.69) is 24.4 Å². The summed E-state index contributed by atoms with van der Waals surface area (Å²) in [5, 5.41) is 2.91. The lowest BCUT2D eigenvalue weighted by molar-refractivity contribution is -0.121. The van der Waals surface area contributed by atoms with Gasteiger partial charge in [0.1, 0.15) is 5.75 Å². The van der Waals surface area contributed by atoms with Crippen LogP contribution in [0.1, 0.15) is 47.7 Å². The van der Waals surface area contributed by atoms with Crippen LogP contribution in [0.4, 0.5) is 0 Å². The number of carbonyl (C=O) groups is 1. The third-order valence-corrected chi connectivity index (χ3v) is 7.05. The summed E-state index contributed by atoms with van der Waals surface area (Å²) < 4.78 is 32.3. The van der Waals surface area contributed by atoms with E-state index < -0.39 is 10.0 Å². The molecule has 7 heteroatoms. The van der Waals surface area contributed by atoms with Gasteiger partial charge in [0, 0.05) is 7.05 Å². The molecule has 1 amide bonds. The molecule has 0 aliphatic heterocycles. The number of ether oxygens (including phenoxy) is 1. The predicted octanol–water partition coefficient (Wildman–Crippen LogP) is 3.82. The molecule has 0 saturated carbocycles. The van der Waals surface area contributed by atoms with Crippen LogP contribution in [0.15, 0.2) is 35.2 Å². The molecule has 2 aromatic carbocycles. The Morgan fingerprint density at radius 1 is 1.03 bits per heavy atom. The molecule has 0 spiro atoms. The summed E-state index contributed by atoms with van der Waals surface area (Å²) in [5.41, 5.74) is 5.21. The quantitative estimate of drug-likeness (QED) is 0.688. The molecule has 0 bridgehead atoms. The Labute approximate surface area is 180 Å². The number of nitrogens with one attached hydrogen (secondary N) is 1. The van der Waals surface area contributed by atoms with Crippen LogP contribution in [0.5, 0.6) is 5.75 Å². The standard InChI is InChI=1S/C23H32N2O4S/c1-8-29-22-10-9-20(12-18(22)5)30(27,28)25(7)14-23(26)24-19(6)21-13-16(3)15(2)11-17(21)4/h9-13,19H,8,14H2,1-7H3,(H,24,26). The molecule has 2 aromatic rings. The lowest BCUT2D eigenvalue weighted by Gasteiger charge is -2.21. The van der Waals surface area contributed by atoms with Gasteiger partial charge in [-0.3, -0.25) is 4.79 Å². The minimum absolute atomic E-state index is 0.136. The Morgan fingerprint density at radius 2 is 1.67 bits per heavy atom. The number of likely N-dealkylation sites (N-methyl/N-ethyl adjacent to an activating group) is 1. The number of carbonyl (C=O) groups excluding carboxylic acids is 1. The van der Waals surface area contributed by atoms with E-state index in [1.807, 2.05) is 27.7 Å². The van der Waals surface area contributed by atoms with Gasteiger partial charge in [-0.1, -0.05) is 12.1 Å². The fraction of sp³-hybridized carbons (Fsp3) is 0.435. The van der Waals surface area contributed by atoms with E-state index >= 15 is 0 Å². The molecular formula is C23H32N2O4S. The van der Waals surface area contributed by atoms with Crippen molar-refractivity contribution in [2.24, 2.45) is 0 Å². The molecule has 6 nitrogen and oxygen atoms in total. The molecule has 0 aromatic heterocycles. The highest BCUT2D eigenvalue weighted by Gasteiger charge is 2.24. The van der Waals surface area contributed by atoms with Gasteiger partial charge in [0.05, 0.1) is 24.1 Å². The number of aryl methyl sites for hydroxylation is 4. The first kappa shape index (κ1) is 23.9. The van der Waals surface area contributed by atoms with Crippen LogP contribution >= 0.6 is 0 Å². The van der Waals surface area contributed by atoms with Crippen molar-refractivity contribution in [1.82, 2.24) is 9.62 Å². The SMILES string of the molecule is CCOc1ccc(S(=O)(=O)N(C)CC(=O)NC(C)c2cc(C)c(C)cc2C)cc1C. The zero-order valence-corrected chi connectivity index (χ0v) is 19.7. The molecule has 1 unspecified atom stereocenters. The van der Waals surface area contributed by atoms with Crippen molar-refractivity contribution in [3.63, 3.8) is 0 Å². The molecule has 0 aliphatic rings. The number of amides is 1. The summed E-state index contributed by atoms with van der Waals surface area (Å²) in [4.78, 5) is 12.7. The second kappa shape index (κ2) is 9.62. The average molecular weight is 433 g/mol. The van der Waals surface area contributed by atoms with Crippen LogP contribution < -0.4 is 10.1 Å². The first-order valence-electron chi connectivity index (χ1n) is 10.0. The highest BCUT2D eigenvalue weighted by Crippen LogP contribution is 2.24. The van der Waals surface area contributed by atoms with Crippen LogP contribution in [0, 0.1) is 27.7 Å². The number of sulfonamides is 1. The lowest BCUT2D eigenvalue weighted by Crippen LogP contribution is -2.39. The smallest absolute Gasteiger partial charge is 0.243 e. The highest BCUT2D eigenvalue weighted by molar-refractivity contribution is 7.89. The molecule has 0 aliphatic carbocycles. The lowest BCUT2D eigenvalue weighted by atomic mass is 9.96. The molecule has 0 saturated heterocycles. The van der Waals surface area contributed by atoms with Crippen LogP contribution in [0.3, 0.4) is 0 Å². The van der Waals surface area contributed by atoms with Gasteiger partial charge in [0.2, 0.25) is 15.9 Å². The van der Waals surface area contributed by atoms with E-state index in [0.717, 1.165) is 26.6 Å². The predicted molar refractivity (Wildman–Crippen MR) is 119 cm³/mol. The van der Waals surface area contributed by atoms with Crippen molar-refractivity contribution in [3.8, 4) is 5.75 Å². The number of hydrogen-bond donors (Lipinski definition) is 1. The third kappa shape index (κ3) is 5.40. The molecule has 0 heterocycles. The topological polar surface area (TPSA) is 75.7 Å². The Kier molecular flexibility index (Phi) is 7.66. The Balaban J connectivity index is 2.11. The average Bonchev–Trinajstić information content (AvgIpc) is 2.66. The van der Waals surface area contributed by atoms with Gasteiger partial charge < -0.3 is 10.1 Å². The molecule has 1 N–H and O–H groups in total. The molecule has 164 valence electrons. The van der Waals surface area contributed by atoms with Gasteiger partial charge in [-0.05, 0) is 87.6 Å². The van der Waals surface area contributed by atoms with Gasteiger partial charge in [-0.15, -0.1) is 0 Å². The summed E-state index contributed by atoms with van der Waals surface area (Å²) in [5.74, 6) is 0.295. The third-order valence-electron chi connectivity index (χ3n) is 5.25. The summed E-state index contributed by atoms with van der Waals surface area (Å²) in [6.45, 7) is 11.9.